The number of hydrogen-bond donors (Lipinski definition) is 1. The van der Waals surface area contributed by atoms with Gasteiger partial charge >= 0.3 is 11.9 Å². The summed E-state index contributed by atoms with van der Waals surface area (Å²) in [5.41, 5.74) is -0.939. The van der Waals surface area contributed by atoms with E-state index in [2.05, 4.69) is 37.3 Å². The normalized spacial score (nSPS) is 20.2. The van der Waals surface area contributed by atoms with Crippen LogP contribution in [0, 0.1) is 22.7 Å². The maximum Gasteiger partial charge on any atom is 0.312 e. The minimum atomic E-state index is -0.703. The predicted octanol–water partition coefficient (Wildman–Crippen LogP) is 8.77. The Kier molecular flexibility index (Phi) is 9.72. The largest absolute Gasteiger partial charge is 0.460 e. The molecule has 2 atom stereocenters. The lowest BCUT2D eigenvalue weighted by Gasteiger charge is -2.40. The highest BCUT2D eigenvalue weighted by Crippen LogP contribution is 2.45. The van der Waals surface area contributed by atoms with Crippen LogP contribution < -0.4 is 0 Å². The lowest BCUT2D eigenvalue weighted by molar-refractivity contribution is -0.167. The van der Waals surface area contributed by atoms with Crippen molar-refractivity contribution in [2.45, 2.75) is 112 Å². The number of carbonyl (C=O) groups excluding carboxylic acids is 2. The summed E-state index contributed by atoms with van der Waals surface area (Å²) in [6, 6.07) is 18.7. The fraction of sp³-hybridized carbons (Fsp3) is 0.568. The third-order valence-corrected chi connectivity index (χ3v) is 9.35. The molecule has 3 aromatic carbocycles. The van der Waals surface area contributed by atoms with Crippen molar-refractivity contribution in [2.75, 3.05) is 0 Å². The van der Waals surface area contributed by atoms with Gasteiger partial charge in [0.25, 0.3) is 0 Å². The first kappa shape index (κ1) is 32.0. The molecule has 2 unspecified atom stereocenters. The Morgan fingerprint density at radius 3 is 1.90 bits per heavy atom. The van der Waals surface area contributed by atoms with Crippen LogP contribution in [0.25, 0.3) is 21.5 Å². The van der Waals surface area contributed by atoms with Crippen molar-refractivity contribution in [3.8, 4) is 0 Å². The highest BCUT2D eigenvalue weighted by atomic mass is 16.6. The summed E-state index contributed by atoms with van der Waals surface area (Å²) in [6.45, 7) is 13.9. The van der Waals surface area contributed by atoms with E-state index >= 15 is 0 Å². The van der Waals surface area contributed by atoms with Crippen LogP contribution in [0.2, 0.25) is 0 Å². The van der Waals surface area contributed by atoms with E-state index in [0.29, 0.717) is 25.2 Å². The lowest BCUT2D eigenvalue weighted by atomic mass is 9.66. The van der Waals surface area contributed by atoms with Gasteiger partial charge in [-0.2, -0.15) is 0 Å². The molecule has 3 aromatic rings. The third kappa shape index (κ3) is 7.53. The molecular formula is C37H50O5. The standard InChI is InChI=1S/C37H50O5/c1-8-37(7,23-28(25-17-19-29(38)20-18-25)22-36(5,6)33(39)42-35(2,3)4)34(40)41-24-32-30-15-11-9-13-26(30)21-27-14-10-12-16-31(27)32/h9-16,21,25,28-29,38H,8,17-20,22-24H2,1-7H3. The number of rotatable bonds is 10. The van der Waals surface area contributed by atoms with Gasteiger partial charge in [0.1, 0.15) is 12.2 Å². The van der Waals surface area contributed by atoms with Gasteiger partial charge < -0.3 is 14.6 Å². The number of fused-ring (bicyclic) bond motifs is 2. The van der Waals surface area contributed by atoms with E-state index < -0.39 is 16.4 Å². The van der Waals surface area contributed by atoms with E-state index in [-0.39, 0.29) is 30.6 Å². The highest BCUT2D eigenvalue weighted by Gasteiger charge is 2.43. The first-order valence-electron chi connectivity index (χ1n) is 15.7. The molecular weight excluding hydrogens is 524 g/mol. The lowest BCUT2D eigenvalue weighted by Crippen LogP contribution is -2.40. The molecule has 5 heteroatoms. The Morgan fingerprint density at radius 1 is 0.833 bits per heavy atom. The van der Waals surface area contributed by atoms with Crippen molar-refractivity contribution in [3.05, 3.63) is 60.2 Å². The van der Waals surface area contributed by atoms with Crippen LogP contribution in [-0.4, -0.2) is 28.8 Å². The van der Waals surface area contributed by atoms with Crippen LogP contribution in [0.1, 0.15) is 99.0 Å². The summed E-state index contributed by atoms with van der Waals surface area (Å²) in [4.78, 5) is 27.2. The first-order chi connectivity index (χ1) is 19.7. The van der Waals surface area contributed by atoms with Gasteiger partial charge in [-0.1, -0.05) is 55.5 Å². The number of benzene rings is 3. The summed E-state index contributed by atoms with van der Waals surface area (Å²) in [5.74, 6) is 0.0455. The topological polar surface area (TPSA) is 72.8 Å². The van der Waals surface area contributed by atoms with Crippen molar-refractivity contribution in [2.24, 2.45) is 22.7 Å². The van der Waals surface area contributed by atoms with Crippen molar-refractivity contribution >= 4 is 33.5 Å². The molecule has 0 saturated heterocycles. The highest BCUT2D eigenvalue weighted by molar-refractivity contribution is 6.02. The second-order valence-corrected chi connectivity index (χ2v) is 14.4. The molecule has 42 heavy (non-hydrogen) atoms. The number of aliphatic hydroxyl groups excluding tert-OH is 1. The first-order valence-corrected chi connectivity index (χ1v) is 15.7. The number of hydrogen-bond acceptors (Lipinski definition) is 5. The van der Waals surface area contributed by atoms with E-state index in [9.17, 15) is 14.7 Å². The zero-order chi connectivity index (χ0) is 30.7. The van der Waals surface area contributed by atoms with Gasteiger partial charge in [0.15, 0.2) is 0 Å². The molecule has 1 N–H and O–H groups in total. The van der Waals surface area contributed by atoms with E-state index in [4.69, 9.17) is 9.47 Å². The monoisotopic (exact) mass is 574 g/mol. The Morgan fingerprint density at radius 2 is 1.38 bits per heavy atom. The molecule has 5 nitrogen and oxygen atoms in total. The molecule has 0 aromatic heterocycles. The van der Waals surface area contributed by atoms with Crippen LogP contribution in [-0.2, 0) is 25.7 Å². The van der Waals surface area contributed by atoms with Gasteiger partial charge in [0.05, 0.1) is 16.9 Å². The smallest absolute Gasteiger partial charge is 0.312 e. The van der Waals surface area contributed by atoms with Gasteiger partial charge in [-0.15, -0.1) is 0 Å². The Labute approximate surface area is 252 Å². The molecule has 1 fully saturated rings. The fourth-order valence-corrected chi connectivity index (χ4v) is 6.66. The van der Waals surface area contributed by atoms with Crippen LogP contribution in [0.5, 0.6) is 0 Å². The SMILES string of the molecule is CCC(C)(CC(CC(C)(C)C(=O)OC(C)(C)C)C1CCC(O)CC1)C(=O)OCc1c2ccccc2cc2ccccc12. The Hall–Kier alpha value is -2.92. The zero-order valence-electron chi connectivity index (χ0n) is 26.7. The zero-order valence-corrected chi connectivity index (χ0v) is 26.7. The molecule has 0 heterocycles. The number of esters is 2. The molecule has 0 spiro atoms. The molecule has 228 valence electrons. The molecule has 1 saturated carbocycles. The second kappa shape index (κ2) is 12.8. The summed E-state index contributed by atoms with van der Waals surface area (Å²) in [6.07, 6.45) is 4.94. The van der Waals surface area contributed by atoms with E-state index in [0.717, 1.165) is 52.8 Å². The average molecular weight is 575 g/mol. The van der Waals surface area contributed by atoms with Gasteiger partial charge in [0, 0.05) is 5.56 Å². The van der Waals surface area contributed by atoms with Crippen LogP contribution >= 0.6 is 0 Å². The third-order valence-electron chi connectivity index (χ3n) is 9.35. The van der Waals surface area contributed by atoms with Crippen LogP contribution in [0.15, 0.2) is 54.6 Å². The molecule has 0 aliphatic heterocycles. The van der Waals surface area contributed by atoms with E-state index in [1.807, 2.05) is 65.8 Å². The number of aliphatic hydroxyl groups is 1. The summed E-state index contributed by atoms with van der Waals surface area (Å²) in [5, 5.41) is 14.7. The predicted molar refractivity (Wildman–Crippen MR) is 170 cm³/mol. The molecule has 4 rings (SSSR count). The average Bonchev–Trinajstić information content (AvgIpc) is 2.94. The van der Waals surface area contributed by atoms with E-state index in [1.54, 1.807) is 0 Å². The van der Waals surface area contributed by atoms with Crippen molar-refractivity contribution < 1.29 is 24.2 Å². The van der Waals surface area contributed by atoms with Crippen molar-refractivity contribution in [3.63, 3.8) is 0 Å². The molecule has 1 aliphatic carbocycles. The molecule has 1 aliphatic rings. The molecule has 0 amide bonds. The fourth-order valence-electron chi connectivity index (χ4n) is 6.66. The quantitative estimate of drug-likeness (QED) is 0.194. The number of carbonyl (C=O) groups is 2. The van der Waals surface area contributed by atoms with Gasteiger partial charge in [-0.3, -0.25) is 9.59 Å². The Bertz CT molecular complexity index is 1340. The van der Waals surface area contributed by atoms with Crippen molar-refractivity contribution in [1.29, 1.82) is 0 Å². The maximum atomic E-state index is 13.9. The van der Waals surface area contributed by atoms with Gasteiger partial charge in [-0.25, -0.2) is 0 Å². The van der Waals surface area contributed by atoms with Crippen LogP contribution in [0.3, 0.4) is 0 Å². The summed E-state index contributed by atoms with van der Waals surface area (Å²) >= 11 is 0. The minimum Gasteiger partial charge on any atom is -0.460 e. The second-order valence-electron chi connectivity index (χ2n) is 14.4. The van der Waals surface area contributed by atoms with Gasteiger partial charge in [0.2, 0.25) is 0 Å². The molecule has 0 bridgehead atoms. The summed E-state index contributed by atoms with van der Waals surface area (Å²) < 4.78 is 12.0. The summed E-state index contributed by atoms with van der Waals surface area (Å²) in [7, 11) is 0. The maximum absolute atomic E-state index is 13.9. The Balaban J connectivity index is 1.58. The van der Waals surface area contributed by atoms with E-state index in [1.165, 1.54) is 0 Å². The van der Waals surface area contributed by atoms with Gasteiger partial charge in [-0.05, 0) is 126 Å². The van der Waals surface area contributed by atoms with Crippen LogP contribution in [0.4, 0.5) is 0 Å². The molecule has 0 radical (unpaired) electrons. The van der Waals surface area contributed by atoms with Crippen molar-refractivity contribution in [1.82, 2.24) is 0 Å². The number of ether oxygens (including phenoxy) is 2. The minimum absolute atomic E-state index is 0.121.